The highest BCUT2D eigenvalue weighted by atomic mass is 32.2. The van der Waals surface area contributed by atoms with Crippen LogP contribution >= 0.6 is 11.8 Å². The molecule has 4 bridgehead atoms. The molecule has 1 N–H and O–H groups in total. The van der Waals surface area contributed by atoms with Crippen molar-refractivity contribution in [2.24, 2.45) is 17.8 Å². The lowest BCUT2D eigenvalue weighted by Gasteiger charge is -2.56. The number of aromatic nitrogens is 2. The second-order valence-electron chi connectivity index (χ2n) is 9.27. The van der Waals surface area contributed by atoms with Crippen LogP contribution in [0.4, 0.5) is 0 Å². The second kappa shape index (κ2) is 8.25. The predicted molar refractivity (Wildman–Crippen MR) is 112 cm³/mol. The molecule has 0 unspecified atom stereocenters. The van der Waals surface area contributed by atoms with Crippen LogP contribution in [-0.4, -0.2) is 40.2 Å². The number of nitrogens with one attached hydrogen (secondary N) is 1. The smallest absolute Gasteiger partial charge is 0.306 e. The molecule has 0 aliphatic heterocycles. The van der Waals surface area contributed by atoms with E-state index in [-0.39, 0.29) is 30.4 Å². The molecule has 1 amide bonds. The minimum absolute atomic E-state index is 0.0388. The van der Waals surface area contributed by atoms with E-state index in [1.807, 2.05) is 20.1 Å². The van der Waals surface area contributed by atoms with E-state index in [9.17, 15) is 9.59 Å². The lowest BCUT2D eigenvalue weighted by molar-refractivity contribution is -0.150. The third-order valence-electron chi connectivity index (χ3n) is 6.97. The number of hydrogen-bond donors (Lipinski definition) is 1. The molecule has 6 nitrogen and oxygen atoms in total. The van der Waals surface area contributed by atoms with Gasteiger partial charge in [-0.2, -0.15) is 0 Å². The molecule has 5 rings (SSSR count). The Morgan fingerprint density at radius 1 is 1.07 bits per heavy atom. The Morgan fingerprint density at radius 2 is 1.62 bits per heavy atom. The second-order valence-corrected chi connectivity index (χ2v) is 10.0. The highest BCUT2D eigenvalue weighted by Gasteiger charge is 2.51. The van der Waals surface area contributed by atoms with E-state index >= 15 is 0 Å². The summed E-state index contributed by atoms with van der Waals surface area (Å²) in [7, 11) is 0. The monoisotopic (exact) mass is 417 g/mol. The Morgan fingerprint density at radius 3 is 2.14 bits per heavy atom. The van der Waals surface area contributed by atoms with E-state index in [0.29, 0.717) is 6.42 Å². The molecule has 0 saturated heterocycles. The maximum Gasteiger partial charge on any atom is 0.306 e. The lowest BCUT2D eigenvalue weighted by Crippen LogP contribution is -2.60. The number of aryl methyl sites for hydroxylation is 2. The zero-order chi connectivity index (χ0) is 20.6. The van der Waals surface area contributed by atoms with Crippen molar-refractivity contribution in [2.45, 2.75) is 75.9 Å². The third kappa shape index (κ3) is 4.60. The van der Waals surface area contributed by atoms with Gasteiger partial charge in [0.15, 0.2) is 11.8 Å². The van der Waals surface area contributed by atoms with Gasteiger partial charge < -0.3 is 10.1 Å². The molecule has 0 radical (unpaired) electrons. The van der Waals surface area contributed by atoms with Gasteiger partial charge in [0, 0.05) is 23.3 Å². The van der Waals surface area contributed by atoms with Crippen molar-refractivity contribution < 1.29 is 14.3 Å². The summed E-state index contributed by atoms with van der Waals surface area (Å²) in [5, 5.41) is 3.99. The van der Waals surface area contributed by atoms with Crippen molar-refractivity contribution in [3.8, 4) is 0 Å². The first-order chi connectivity index (χ1) is 13.9. The number of rotatable bonds is 7. The summed E-state index contributed by atoms with van der Waals surface area (Å²) in [6, 6.07) is 0. The van der Waals surface area contributed by atoms with Crippen LogP contribution in [0, 0.1) is 31.6 Å². The number of esters is 1. The highest BCUT2D eigenvalue weighted by molar-refractivity contribution is 7.98. The fourth-order valence-corrected chi connectivity index (χ4v) is 6.66. The van der Waals surface area contributed by atoms with Crippen molar-refractivity contribution in [3.05, 3.63) is 17.0 Å². The van der Waals surface area contributed by atoms with Crippen molar-refractivity contribution in [2.75, 3.05) is 12.9 Å². The molecule has 4 aliphatic rings. The Kier molecular flexibility index (Phi) is 5.87. The normalized spacial score (nSPS) is 29.7. The van der Waals surface area contributed by atoms with Gasteiger partial charge in [0.2, 0.25) is 0 Å². The maximum atomic E-state index is 12.5. The average molecular weight is 418 g/mol. The quantitative estimate of drug-likeness (QED) is 0.416. The molecule has 0 atom stereocenters. The van der Waals surface area contributed by atoms with E-state index in [1.165, 1.54) is 31.0 Å². The fourth-order valence-electron chi connectivity index (χ4n) is 6.20. The molecule has 0 spiro atoms. The van der Waals surface area contributed by atoms with Gasteiger partial charge in [-0.15, -0.1) is 0 Å². The summed E-state index contributed by atoms with van der Waals surface area (Å²) >= 11 is 1.51. The van der Waals surface area contributed by atoms with Gasteiger partial charge in [-0.25, -0.2) is 9.97 Å². The first kappa shape index (κ1) is 20.6. The molecule has 1 aromatic heterocycles. The average Bonchev–Trinajstić information content (AvgIpc) is 2.64. The van der Waals surface area contributed by atoms with E-state index in [2.05, 4.69) is 15.3 Å². The summed E-state index contributed by atoms with van der Waals surface area (Å²) in [6.45, 7) is 3.70. The third-order valence-corrected chi connectivity index (χ3v) is 7.52. The Hall–Kier alpha value is -1.63. The summed E-state index contributed by atoms with van der Waals surface area (Å²) in [4.78, 5) is 33.5. The first-order valence-corrected chi connectivity index (χ1v) is 11.9. The van der Waals surface area contributed by atoms with E-state index in [4.69, 9.17) is 4.74 Å². The van der Waals surface area contributed by atoms with Crippen molar-refractivity contribution in [3.63, 3.8) is 0 Å². The Bertz CT molecular complexity index is 752. The minimum atomic E-state index is -0.349. The summed E-state index contributed by atoms with van der Waals surface area (Å²) in [5.74, 6) is 1.82. The molecular formula is C22H31N3O3S. The van der Waals surface area contributed by atoms with Gasteiger partial charge in [-0.3, -0.25) is 9.59 Å². The van der Waals surface area contributed by atoms with Crippen LogP contribution in [-0.2, 0) is 20.7 Å². The van der Waals surface area contributed by atoms with Crippen LogP contribution in [0.1, 0.15) is 61.9 Å². The van der Waals surface area contributed by atoms with Crippen LogP contribution in [0.5, 0.6) is 0 Å². The maximum absolute atomic E-state index is 12.5. The van der Waals surface area contributed by atoms with Crippen molar-refractivity contribution in [1.29, 1.82) is 0 Å². The molecule has 0 aromatic carbocycles. The molecule has 1 heterocycles. The van der Waals surface area contributed by atoms with E-state index in [1.54, 1.807) is 0 Å². The molecule has 4 saturated carbocycles. The highest BCUT2D eigenvalue weighted by Crippen LogP contribution is 2.55. The van der Waals surface area contributed by atoms with Gasteiger partial charge in [0.1, 0.15) is 0 Å². The number of carbonyl (C=O) groups is 2. The number of thioether (sulfide) groups is 1. The Balaban J connectivity index is 1.24. The van der Waals surface area contributed by atoms with Crippen molar-refractivity contribution in [1.82, 2.24) is 15.3 Å². The van der Waals surface area contributed by atoms with Gasteiger partial charge in [-0.05, 0) is 88.4 Å². The van der Waals surface area contributed by atoms with Gasteiger partial charge >= 0.3 is 5.97 Å². The van der Waals surface area contributed by atoms with Crippen LogP contribution < -0.4 is 5.32 Å². The Labute approximate surface area is 177 Å². The molecular weight excluding hydrogens is 386 g/mol. The zero-order valence-corrected chi connectivity index (χ0v) is 18.4. The number of carbonyl (C=O) groups excluding carboxylic acids is 2. The molecule has 4 fully saturated rings. The largest absolute Gasteiger partial charge is 0.456 e. The SMILES string of the molecule is CSc1nc(C)c(CCC(=O)OCC(=O)NC23CC4CC(CC(C4)C2)C3)c(C)n1. The van der Waals surface area contributed by atoms with Crippen LogP contribution in [0.3, 0.4) is 0 Å². The molecule has 7 heteroatoms. The van der Waals surface area contributed by atoms with E-state index < -0.39 is 0 Å². The standard InChI is InChI=1S/C22H31N3O3S/c1-13-18(14(2)24-21(23-13)29-3)4-5-20(27)28-12-19(26)25-22-9-15-6-16(10-22)8-17(7-15)11-22/h15-17H,4-12H2,1-3H3,(H,25,26). The molecule has 1 aromatic rings. The predicted octanol–water partition coefficient (Wildman–Crippen LogP) is 3.38. The lowest BCUT2D eigenvalue weighted by atomic mass is 9.53. The van der Waals surface area contributed by atoms with Gasteiger partial charge in [-0.1, -0.05) is 11.8 Å². The van der Waals surface area contributed by atoms with Crippen LogP contribution in [0.2, 0.25) is 0 Å². The molecule has 29 heavy (non-hydrogen) atoms. The van der Waals surface area contributed by atoms with Gasteiger partial charge in [0.25, 0.3) is 5.91 Å². The first-order valence-electron chi connectivity index (χ1n) is 10.7. The summed E-state index contributed by atoms with van der Waals surface area (Å²) < 4.78 is 5.27. The number of amides is 1. The zero-order valence-electron chi connectivity index (χ0n) is 17.6. The number of nitrogens with zero attached hydrogens (tertiary/aromatic N) is 2. The van der Waals surface area contributed by atoms with Gasteiger partial charge in [0.05, 0.1) is 0 Å². The summed E-state index contributed by atoms with van der Waals surface area (Å²) in [5.41, 5.74) is 2.74. The number of ether oxygens (including phenoxy) is 1. The number of hydrogen-bond acceptors (Lipinski definition) is 6. The minimum Gasteiger partial charge on any atom is -0.456 e. The summed E-state index contributed by atoms with van der Waals surface area (Å²) in [6.07, 6.45) is 10.0. The molecule has 4 aliphatic carbocycles. The van der Waals surface area contributed by atoms with Crippen LogP contribution in [0.25, 0.3) is 0 Å². The molecule has 158 valence electrons. The van der Waals surface area contributed by atoms with E-state index in [0.717, 1.165) is 59.1 Å². The topological polar surface area (TPSA) is 81.2 Å². The van der Waals surface area contributed by atoms with Crippen LogP contribution in [0.15, 0.2) is 5.16 Å². The van der Waals surface area contributed by atoms with Crippen molar-refractivity contribution >= 4 is 23.6 Å². The fraction of sp³-hybridized carbons (Fsp3) is 0.727.